The van der Waals surface area contributed by atoms with Crippen molar-refractivity contribution in [3.8, 4) is 0 Å². The fraction of sp³-hybridized carbons (Fsp3) is 0.909. The summed E-state index contributed by atoms with van der Waals surface area (Å²) in [5, 5.41) is 3.14. The Labute approximate surface area is 79.1 Å². The standard InChI is InChI=1S/C11H17NO/c13-11(12-9-3-4-9)10-6-7-1-2-8(10)5-7/h7-10H,1-6H2,(H,12,13)/t7-,8-,10-/m1/s1. The summed E-state index contributed by atoms with van der Waals surface area (Å²) in [7, 11) is 0. The predicted molar refractivity (Wildman–Crippen MR) is 50.1 cm³/mol. The first-order valence-electron chi connectivity index (χ1n) is 5.63. The van der Waals surface area contributed by atoms with Gasteiger partial charge in [-0.05, 0) is 43.9 Å². The van der Waals surface area contributed by atoms with Gasteiger partial charge in [-0.2, -0.15) is 0 Å². The van der Waals surface area contributed by atoms with E-state index in [-0.39, 0.29) is 0 Å². The highest BCUT2D eigenvalue weighted by Crippen LogP contribution is 2.48. The smallest absolute Gasteiger partial charge is 0.223 e. The minimum absolute atomic E-state index is 0.370. The summed E-state index contributed by atoms with van der Waals surface area (Å²) in [4.78, 5) is 11.8. The van der Waals surface area contributed by atoms with Gasteiger partial charge in [-0.3, -0.25) is 4.79 Å². The maximum atomic E-state index is 11.8. The van der Waals surface area contributed by atoms with Gasteiger partial charge in [0.1, 0.15) is 0 Å². The first-order chi connectivity index (χ1) is 6.33. The van der Waals surface area contributed by atoms with Gasteiger partial charge in [-0.15, -0.1) is 0 Å². The van der Waals surface area contributed by atoms with Crippen LogP contribution < -0.4 is 5.32 Å². The zero-order chi connectivity index (χ0) is 8.84. The third kappa shape index (κ3) is 1.36. The Morgan fingerprint density at radius 3 is 2.46 bits per heavy atom. The lowest BCUT2D eigenvalue weighted by atomic mass is 9.88. The summed E-state index contributed by atoms with van der Waals surface area (Å²) in [6.07, 6.45) is 7.65. The lowest BCUT2D eigenvalue weighted by Gasteiger charge is -2.20. The molecule has 3 saturated carbocycles. The Kier molecular flexibility index (Phi) is 1.64. The number of rotatable bonds is 2. The van der Waals surface area contributed by atoms with Crippen molar-refractivity contribution in [2.75, 3.05) is 0 Å². The van der Waals surface area contributed by atoms with Gasteiger partial charge in [0.2, 0.25) is 5.91 Å². The summed E-state index contributed by atoms with van der Waals surface area (Å²) in [6.45, 7) is 0. The van der Waals surface area contributed by atoms with Crippen LogP contribution in [0.5, 0.6) is 0 Å². The molecule has 3 atom stereocenters. The molecule has 1 amide bonds. The normalized spacial score (nSPS) is 42.3. The van der Waals surface area contributed by atoms with Gasteiger partial charge in [-0.1, -0.05) is 6.42 Å². The van der Waals surface area contributed by atoms with Gasteiger partial charge < -0.3 is 5.32 Å². The van der Waals surface area contributed by atoms with Crippen molar-refractivity contribution >= 4 is 5.91 Å². The average molecular weight is 179 g/mol. The number of hydrogen-bond donors (Lipinski definition) is 1. The summed E-state index contributed by atoms with van der Waals surface area (Å²) < 4.78 is 0. The summed E-state index contributed by atoms with van der Waals surface area (Å²) >= 11 is 0. The maximum Gasteiger partial charge on any atom is 0.223 e. The fourth-order valence-corrected chi connectivity index (χ4v) is 3.10. The van der Waals surface area contributed by atoms with E-state index in [0.29, 0.717) is 17.9 Å². The van der Waals surface area contributed by atoms with Crippen LogP contribution in [-0.4, -0.2) is 11.9 Å². The number of carbonyl (C=O) groups is 1. The van der Waals surface area contributed by atoms with E-state index < -0.39 is 0 Å². The lowest BCUT2D eigenvalue weighted by molar-refractivity contribution is -0.126. The van der Waals surface area contributed by atoms with E-state index in [1.165, 1.54) is 38.5 Å². The van der Waals surface area contributed by atoms with E-state index in [1.54, 1.807) is 0 Å². The molecule has 3 rings (SSSR count). The van der Waals surface area contributed by atoms with Crippen molar-refractivity contribution in [1.29, 1.82) is 0 Å². The van der Waals surface area contributed by atoms with E-state index in [0.717, 1.165) is 11.8 Å². The largest absolute Gasteiger partial charge is 0.353 e. The Hall–Kier alpha value is -0.530. The summed E-state index contributed by atoms with van der Waals surface area (Å²) in [5.74, 6) is 2.39. The zero-order valence-electron chi connectivity index (χ0n) is 7.96. The molecule has 0 aromatic heterocycles. The molecule has 2 heteroatoms. The molecule has 0 unspecified atom stereocenters. The fourth-order valence-electron chi connectivity index (χ4n) is 3.10. The lowest BCUT2D eigenvalue weighted by Crippen LogP contribution is -2.34. The molecule has 0 aromatic carbocycles. The van der Waals surface area contributed by atoms with Crippen LogP contribution >= 0.6 is 0 Å². The molecular formula is C11H17NO. The van der Waals surface area contributed by atoms with Crippen LogP contribution in [0.25, 0.3) is 0 Å². The van der Waals surface area contributed by atoms with Crippen LogP contribution in [0.4, 0.5) is 0 Å². The molecule has 0 spiro atoms. The second-order valence-corrected chi connectivity index (χ2v) is 5.06. The number of hydrogen-bond acceptors (Lipinski definition) is 1. The third-order valence-electron chi connectivity index (χ3n) is 4.00. The van der Waals surface area contributed by atoms with E-state index in [9.17, 15) is 4.79 Å². The quantitative estimate of drug-likeness (QED) is 0.687. The molecular weight excluding hydrogens is 162 g/mol. The van der Waals surface area contributed by atoms with Gasteiger partial charge in [0.25, 0.3) is 0 Å². The van der Waals surface area contributed by atoms with Crippen molar-refractivity contribution in [1.82, 2.24) is 5.32 Å². The molecule has 0 aromatic rings. The van der Waals surface area contributed by atoms with Crippen LogP contribution in [0.15, 0.2) is 0 Å². The zero-order valence-corrected chi connectivity index (χ0v) is 7.96. The highest BCUT2D eigenvalue weighted by molar-refractivity contribution is 5.80. The minimum Gasteiger partial charge on any atom is -0.353 e. The van der Waals surface area contributed by atoms with Crippen LogP contribution in [0.3, 0.4) is 0 Å². The van der Waals surface area contributed by atoms with Gasteiger partial charge in [0, 0.05) is 12.0 Å². The molecule has 13 heavy (non-hydrogen) atoms. The Balaban J connectivity index is 1.61. The second-order valence-electron chi connectivity index (χ2n) is 5.06. The highest BCUT2D eigenvalue weighted by atomic mass is 16.2. The van der Waals surface area contributed by atoms with Crippen molar-refractivity contribution in [3.63, 3.8) is 0 Å². The maximum absolute atomic E-state index is 11.8. The molecule has 0 saturated heterocycles. The van der Waals surface area contributed by atoms with Gasteiger partial charge >= 0.3 is 0 Å². The van der Waals surface area contributed by atoms with Gasteiger partial charge in [0.15, 0.2) is 0 Å². The van der Waals surface area contributed by atoms with Crippen molar-refractivity contribution in [3.05, 3.63) is 0 Å². The van der Waals surface area contributed by atoms with Crippen molar-refractivity contribution < 1.29 is 4.79 Å². The number of nitrogens with one attached hydrogen (secondary N) is 1. The molecule has 0 aliphatic heterocycles. The molecule has 0 radical (unpaired) electrons. The van der Waals surface area contributed by atoms with E-state index in [4.69, 9.17) is 0 Å². The predicted octanol–water partition coefficient (Wildman–Crippen LogP) is 1.70. The summed E-state index contributed by atoms with van der Waals surface area (Å²) in [6, 6.07) is 0.548. The molecule has 72 valence electrons. The van der Waals surface area contributed by atoms with Gasteiger partial charge in [0.05, 0.1) is 0 Å². The number of fused-ring (bicyclic) bond motifs is 2. The second kappa shape index (κ2) is 2.73. The number of amides is 1. The van der Waals surface area contributed by atoms with Crippen molar-refractivity contribution in [2.45, 2.75) is 44.6 Å². The first-order valence-corrected chi connectivity index (χ1v) is 5.63. The third-order valence-corrected chi connectivity index (χ3v) is 4.00. The first kappa shape index (κ1) is 7.84. The molecule has 2 nitrogen and oxygen atoms in total. The Morgan fingerprint density at radius 1 is 1.08 bits per heavy atom. The Morgan fingerprint density at radius 2 is 1.92 bits per heavy atom. The molecule has 0 heterocycles. The highest BCUT2D eigenvalue weighted by Gasteiger charge is 2.43. The van der Waals surface area contributed by atoms with Crippen LogP contribution in [0.1, 0.15) is 38.5 Å². The van der Waals surface area contributed by atoms with Gasteiger partial charge in [-0.25, -0.2) is 0 Å². The summed E-state index contributed by atoms with van der Waals surface area (Å²) in [5.41, 5.74) is 0. The molecule has 2 bridgehead atoms. The van der Waals surface area contributed by atoms with Crippen LogP contribution in [-0.2, 0) is 4.79 Å². The average Bonchev–Trinajstić information content (AvgIpc) is 2.71. The van der Waals surface area contributed by atoms with E-state index in [2.05, 4.69) is 5.32 Å². The number of carbonyl (C=O) groups excluding carboxylic acids is 1. The van der Waals surface area contributed by atoms with Crippen molar-refractivity contribution in [2.24, 2.45) is 17.8 Å². The topological polar surface area (TPSA) is 29.1 Å². The Bertz CT molecular complexity index is 234. The van der Waals surface area contributed by atoms with Crippen LogP contribution in [0, 0.1) is 17.8 Å². The van der Waals surface area contributed by atoms with E-state index in [1.807, 2.05) is 0 Å². The minimum atomic E-state index is 0.370. The molecule has 3 aliphatic rings. The molecule has 3 aliphatic carbocycles. The van der Waals surface area contributed by atoms with E-state index >= 15 is 0 Å². The molecule has 3 fully saturated rings. The monoisotopic (exact) mass is 179 g/mol. The van der Waals surface area contributed by atoms with Crippen LogP contribution in [0.2, 0.25) is 0 Å². The molecule has 1 N–H and O–H groups in total. The SMILES string of the molecule is O=C(NC1CC1)[C@@H]1C[C@@H]2CC[C@@H]1C2.